The van der Waals surface area contributed by atoms with Crippen LogP contribution in [0.3, 0.4) is 0 Å². The molecule has 3 unspecified atom stereocenters. The average Bonchev–Trinajstić information content (AvgIpc) is 2.70. The highest BCUT2D eigenvalue weighted by Gasteiger charge is 2.38. The largest absolute Gasteiger partial charge is 0.392 e. The molecule has 20 heavy (non-hydrogen) atoms. The molecule has 2 heterocycles. The number of rotatable bonds is 3. The molecule has 1 aliphatic rings. The lowest BCUT2D eigenvalue weighted by Gasteiger charge is -2.38. The topological polar surface area (TPSA) is 57.6 Å². The number of aryl methyl sites for hydroxylation is 1. The van der Waals surface area contributed by atoms with Crippen molar-refractivity contribution in [3.8, 4) is 0 Å². The zero-order valence-corrected chi connectivity index (χ0v) is 15.1. The Morgan fingerprint density at radius 3 is 2.70 bits per heavy atom. The van der Waals surface area contributed by atoms with Crippen LogP contribution < -0.4 is 0 Å². The molecule has 0 aromatic carbocycles. The molecule has 114 valence electrons. The average molecular weight is 382 g/mol. The Morgan fingerprint density at radius 2 is 2.20 bits per heavy atom. The Hall–Kier alpha value is 0.0500. The van der Waals surface area contributed by atoms with E-state index in [9.17, 15) is 13.5 Å². The normalized spacial score (nSPS) is 26.6. The van der Waals surface area contributed by atoms with Crippen LogP contribution in [0.1, 0.15) is 32.3 Å². The SMILES string of the molecule is Cc1cc(S(=O)(=O)N2CCC(C)CC2C(C)O)sc1Br. The maximum Gasteiger partial charge on any atom is 0.252 e. The van der Waals surface area contributed by atoms with E-state index in [2.05, 4.69) is 22.9 Å². The van der Waals surface area contributed by atoms with Crippen LogP contribution in [0, 0.1) is 12.8 Å². The summed E-state index contributed by atoms with van der Waals surface area (Å²) in [5.74, 6) is 0.442. The van der Waals surface area contributed by atoms with Crippen molar-refractivity contribution in [3.05, 3.63) is 15.4 Å². The second-order valence-electron chi connectivity index (χ2n) is 5.58. The van der Waals surface area contributed by atoms with Crippen LogP contribution in [0.4, 0.5) is 0 Å². The lowest BCUT2D eigenvalue weighted by Crippen LogP contribution is -2.50. The van der Waals surface area contributed by atoms with E-state index >= 15 is 0 Å². The molecule has 4 nitrogen and oxygen atoms in total. The number of nitrogens with zero attached hydrogens (tertiary/aromatic N) is 1. The summed E-state index contributed by atoms with van der Waals surface area (Å²) in [6, 6.07) is 1.37. The van der Waals surface area contributed by atoms with Crippen molar-refractivity contribution in [2.45, 2.75) is 50.0 Å². The van der Waals surface area contributed by atoms with Crippen LogP contribution in [-0.4, -0.2) is 36.5 Å². The van der Waals surface area contributed by atoms with E-state index < -0.39 is 16.1 Å². The molecule has 7 heteroatoms. The highest BCUT2D eigenvalue weighted by Crippen LogP contribution is 2.36. The second-order valence-corrected chi connectivity index (χ2v) is 10.1. The van der Waals surface area contributed by atoms with E-state index in [1.165, 1.54) is 15.6 Å². The van der Waals surface area contributed by atoms with E-state index in [1.807, 2.05) is 6.92 Å². The van der Waals surface area contributed by atoms with Crippen molar-refractivity contribution in [3.63, 3.8) is 0 Å². The van der Waals surface area contributed by atoms with E-state index in [0.29, 0.717) is 23.1 Å². The first-order chi connectivity index (χ1) is 9.23. The summed E-state index contributed by atoms with van der Waals surface area (Å²) in [5, 5.41) is 9.92. The predicted octanol–water partition coefficient (Wildman–Crippen LogP) is 2.99. The first-order valence-electron chi connectivity index (χ1n) is 6.69. The van der Waals surface area contributed by atoms with Crippen molar-refractivity contribution in [1.82, 2.24) is 4.31 Å². The molecule has 1 fully saturated rings. The fourth-order valence-corrected chi connectivity index (χ4v) is 6.64. The third-order valence-electron chi connectivity index (χ3n) is 3.81. The highest BCUT2D eigenvalue weighted by molar-refractivity contribution is 9.11. The fourth-order valence-electron chi connectivity index (χ4n) is 2.57. The summed E-state index contributed by atoms with van der Waals surface area (Å²) in [6.07, 6.45) is 0.896. The number of hydrogen-bond donors (Lipinski definition) is 1. The molecule has 3 atom stereocenters. The summed E-state index contributed by atoms with van der Waals surface area (Å²) in [7, 11) is -3.52. The van der Waals surface area contributed by atoms with Gasteiger partial charge in [-0.2, -0.15) is 4.31 Å². The van der Waals surface area contributed by atoms with Gasteiger partial charge in [-0.15, -0.1) is 11.3 Å². The van der Waals surface area contributed by atoms with Crippen LogP contribution in [0.15, 0.2) is 14.1 Å². The molecule has 1 N–H and O–H groups in total. The van der Waals surface area contributed by atoms with Gasteiger partial charge in [-0.05, 0) is 60.2 Å². The second kappa shape index (κ2) is 6.04. The number of aliphatic hydroxyl groups excluding tert-OH is 1. The van der Waals surface area contributed by atoms with Gasteiger partial charge in [-0.25, -0.2) is 8.42 Å². The molecule has 1 saturated heterocycles. The quantitative estimate of drug-likeness (QED) is 0.875. The number of thiophene rings is 1. The molecule has 1 aliphatic heterocycles. The molecule has 0 bridgehead atoms. The lowest BCUT2D eigenvalue weighted by molar-refractivity contribution is 0.0677. The van der Waals surface area contributed by atoms with Gasteiger partial charge in [0.05, 0.1) is 15.9 Å². The minimum absolute atomic E-state index is 0.329. The van der Waals surface area contributed by atoms with Crippen molar-refractivity contribution in [1.29, 1.82) is 0 Å². The minimum Gasteiger partial charge on any atom is -0.392 e. The fraction of sp³-hybridized carbons (Fsp3) is 0.692. The zero-order valence-electron chi connectivity index (χ0n) is 11.8. The minimum atomic E-state index is -3.52. The van der Waals surface area contributed by atoms with Gasteiger partial charge < -0.3 is 5.11 Å². The molecular weight excluding hydrogens is 362 g/mol. The lowest BCUT2D eigenvalue weighted by atomic mass is 9.92. The molecule has 0 amide bonds. The number of hydrogen-bond acceptors (Lipinski definition) is 4. The van der Waals surface area contributed by atoms with Crippen LogP contribution in [0.5, 0.6) is 0 Å². The third kappa shape index (κ3) is 3.11. The summed E-state index contributed by atoms with van der Waals surface area (Å²) >= 11 is 4.61. The standard InChI is InChI=1S/C13H20BrNO3S2/c1-8-4-5-15(11(6-8)10(3)16)20(17,18)12-7-9(2)13(14)19-12/h7-8,10-11,16H,4-6H2,1-3H3. The first kappa shape index (κ1) is 16.4. The third-order valence-corrected chi connectivity index (χ3v) is 8.32. The maximum absolute atomic E-state index is 12.8. The van der Waals surface area contributed by atoms with Crippen molar-refractivity contribution >= 4 is 37.3 Å². The van der Waals surface area contributed by atoms with Crippen LogP contribution in [0.2, 0.25) is 0 Å². The monoisotopic (exact) mass is 381 g/mol. The summed E-state index contributed by atoms with van der Waals surface area (Å²) in [6.45, 7) is 6.13. The predicted molar refractivity (Wildman–Crippen MR) is 84.5 cm³/mol. The molecule has 1 aromatic rings. The highest BCUT2D eigenvalue weighted by atomic mass is 79.9. The number of halogens is 1. The maximum atomic E-state index is 12.8. The molecule has 0 spiro atoms. The molecule has 0 aliphatic carbocycles. The first-order valence-corrected chi connectivity index (χ1v) is 9.74. The molecule has 2 rings (SSSR count). The van der Waals surface area contributed by atoms with Gasteiger partial charge >= 0.3 is 0 Å². The Bertz CT molecular complexity index is 563. The molecular formula is C13H20BrNO3S2. The zero-order chi connectivity index (χ0) is 15.1. The van der Waals surface area contributed by atoms with Crippen LogP contribution in [0.25, 0.3) is 0 Å². The number of sulfonamides is 1. The van der Waals surface area contributed by atoms with Gasteiger partial charge in [0.25, 0.3) is 10.0 Å². The smallest absolute Gasteiger partial charge is 0.252 e. The molecule has 0 saturated carbocycles. The van der Waals surface area contributed by atoms with E-state index in [1.54, 1.807) is 13.0 Å². The van der Waals surface area contributed by atoms with Gasteiger partial charge in [0.1, 0.15) is 4.21 Å². The molecule has 1 aromatic heterocycles. The number of piperidine rings is 1. The Balaban J connectivity index is 2.36. The van der Waals surface area contributed by atoms with Gasteiger partial charge in [0, 0.05) is 6.54 Å². The summed E-state index contributed by atoms with van der Waals surface area (Å²) in [5.41, 5.74) is 0.924. The van der Waals surface area contributed by atoms with Crippen molar-refractivity contribution < 1.29 is 13.5 Å². The van der Waals surface area contributed by atoms with Crippen LogP contribution in [-0.2, 0) is 10.0 Å². The van der Waals surface area contributed by atoms with Crippen LogP contribution >= 0.6 is 27.3 Å². The van der Waals surface area contributed by atoms with Gasteiger partial charge in [-0.1, -0.05) is 6.92 Å². The number of aliphatic hydroxyl groups is 1. The molecule has 0 radical (unpaired) electrons. The van der Waals surface area contributed by atoms with Gasteiger partial charge in [0.15, 0.2) is 0 Å². The van der Waals surface area contributed by atoms with Crippen molar-refractivity contribution in [2.75, 3.05) is 6.54 Å². The Morgan fingerprint density at radius 1 is 1.55 bits per heavy atom. The Kier molecular flexibility index (Phi) is 4.96. The summed E-state index contributed by atoms with van der Waals surface area (Å²) in [4.78, 5) is 0. The van der Waals surface area contributed by atoms with E-state index in [0.717, 1.165) is 15.8 Å². The summed E-state index contributed by atoms with van der Waals surface area (Å²) < 4.78 is 28.2. The van der Waals surface area contributed by atoms with Gasteiger partial charge in [-0.3, -0.25) is 0 Å². The Labute approximate surface area is 133 Å². The van der Waals surface area contributed by atoms with E-state index in [4.69, 9.17) is 0 Å². The van der Waals surface area contributed by atoms with Crippen molar-refractivity contribution in [2.24, 2.45) is 5.92 Å². The van der Waals surface area contributed by atoms with E-state index in [-0.39, 0.29) is 6.04 Å². The van der Waals surface area contributed by atoms with Gasteiger partial charge in [0.2, 0.25) is 0 Å².